The predicted octanol–water partition coefficient (Wildman–Crippen LogP) is 3.90. The number of rotatable bonds is 5. The number of carbonyl (C=O) groups is 1. The minimum absolute atomic E-state index is 0.0888. The molecule has 1 fully saturated rings. The normalized spacial score (nSPS) is 15.5. The van der Waals surface area contributed by atoms with Crippen LogP contribution in [0.15, 0.2) is 42.6 Å². The van der Waals surface area contributed by atoms with Crippen molar-refractivity contribution >= 4 is 29.0 Å². The Morgan fingerprint density at radius 2 is 1.89 bits per heavy atom. The molecule has 1 aromatic carbocycles. The molecule has 0 bridgehead atoms. The van der Waals surface area contributed by atoms with Gasteiger partial charge >= 0.3 is 6.18 Å². The van der Waals surface area contributed by atoms with Crippen molar-refractivity contribution in [3.8, 4) is 0 Å². The molecule has 1 aromatic heterocycles. The Labute approximate surface area is 166 Å². The van der Waals surface area contributed by atoms with Gasteiger partial charge in [-0.25, -0.2) is 4.98 Å². The average Bonchev–Trinajstić information content (AvgIpc) is 2.66. The van der Waals surface area contributed by atoms with Gasteiger partial charge in [-0.1, -0.05) is 17.7 Å². The zero-order valence-corrected chi connectivity index (χ0v) is 15.8. The molecule has 0 radical (unpaired) electrons. The van der Waals surface area contributed by atoms with Crippen molar-refractivity contribution in [3.05, 3.63) is 53.2 Å². The second kappa shape index (κ2) is 8.79. The van der Waals surface area contributed by atoms with Gasteiger partial charge in [0.15, 0.2) is 0 Å². The summed E-state index contributed by atoms with van der Waals surface area (Å²) in [6.45, 7) is 3.34. The molecule has 1 saturated heterocycles. The Morgan fingerprint density at radius 3 is 2.50 bits per heavy atom. The first-order chi connectivity index (χ1) is 13.3. The number of alkyl halides is 3. The number of amides is 1. The first-order valence-corrected chi connectivity index (χ1v) is 9.25. The number of hydrogen-bond acceptors (Lipinski definition) is 4. The fourth-order valence-electron chi connectivity index (χ4n) is 2.99. The van der Waals surface area contributed by atoms with E-state index in [-0.39, 0.29) is 5.91 Å². The Bertz CT molecular complexity index is 806. The number of aromatic nitrogens is 1. The monoisotopic (exact) mass is 412 g/mol. The van der Waals surface area contributed by atoms with E-state index in [1.165, 1.54) is 6.07 Å². The van der Waals surface area contributed by atoms with Crippen LogP contribution in [-0.2, 0) is 11.0 Å². The molecule has 3 rings (SSSR count). The van der Waals surface area contributed by atoms with Gasteiger partial charge in [0.1, 0.15) is 5.82 Å². The summed E-state index contributed by atoms with van der Waals surface area (Å²) in [5, 5.41) is 3.37. The Hall–Kier alpha value is -2.32. The number of nitrogens with one attached hydrogen (secondary N) is 1. The number of piperazine rings is 1. The van der Waals surface area contributed by atoms with Gasteiger partial charge in [-0.05, 0) is 30.3 Å². The summed E-state index contributed by atoms with van der Waals surface area (Å²) in [6, 6.07) is 9.43. The second-order valence-electron chi connectivity index (χ2n) is 6.54. The van der Waals surface area contributed by atoms with Gasteiger partial charge < -0.3 is 10.2 Å². The van der Waals surface area contributed by atoms with Crippen LogP contribution in [-0.4, -0.2) is 48.5 Å². The number of carbonyl (C=O) groups excluding carboxylic acids is 1. The molecule has 150 valence electrons. The van der Waals surface area contributed by atoms with Crippen LogP contribution >= 0.6 is 11.6 Å². The molecule has 2 aromatic rings. The van der Waals surface area contributed by atoms with Crippen molar-refractivity contribution in [1.82, 2.24) is 9.88 Å². The van der Waals surface area contributed by atoms with Crippen molar-refractivity contribution in [3.63, 3.8) is 0 Å². The van der Waals surface area contributed by atoms with Gasteiger partial charge in [0.2, 0.25) is 5.91 Å². The van der Waals surface area contributed by atoms with E-state index in [2.05, 4.69) is 15.2 Å². The van der Waals surface area contributed by atoms with E-state index in [0.717, 1.165) is 12.3 Å². The van der Waals surface area contributed by atoms with Crippen LogP contribution < -0.4 is 10.2 Å². The Kier molecular flexibility index (Phi) is 6.41. The van der Waals surface area contributed by atoms with Crippen LogP contribution in [0.25, 0.3) is 0 Å². The fraction of sp³-hybridized carbons (Fsp3) is 0.368. The van der Waals surface area contributed by atoms with Gasteiger partial charge in [-0.2, -0.15) is 13.2 Å². The van der Waals surface area contributed by atoms with Gasteiger partial charge in [-0.15, -0.1) is 0 Å². The van der Waals surface area contributed by atoms with Crippen LogP contribution in [0.5, 0.6) is 0 Å². The maximum Gasteiger partial charge on any atom is 0.417 e. The molecule has 1 amide bonds. The molecule has 0 saturated carbocycles. The van der Waals surface area contributed by atoms with Crippen molar-refractivity contribution in [1.29, 1.82) is 0 Å². The highest BCUT2D eigenvalue weighted by atomic mass is 35.5. The van der Waals surface area contributed by atoms with Crippen LogP contribution in [0.3, 0.4) is 0 Å². The minimum Gasteiger partial charge on any atom is -0.354 e. The molecule has 28 heavy (non-hydrogen) atoms. The predicted molar refractivity (Wildman–Crippen MR) is 103 cm³/mol. The highest BCUT2D eigenvalue weighted by Crippen LogP contribution is 2.29. The lowest BCUT2D eigenvalue weighted by atomic mass is 10.2. The van der Waals surface area contributed by atoms with E-state index >= 15 is 0 Å². The molecule has 0 spiro atoms. The molecule has 0 aliphatic carbocycles. The van der Waals surface area contributed by atoms with Gasteiger partial charge in [-0.3, -0.25) is 9.69 Å². The highest BCUT2D eigenvalue weighted by Gasteiger charge is 2.31. The summed E-state index contributed by atoms with van der Waals surface area (Å²) in [5.41, 5.74) is -0.0868. The lowest BCUT2D eigenvalue weighted by Crippen LogP contribution is -2.47. The number of pyridine rings is 1. The SMILES string of the molecule is O=C(CCN1CCN(c2ccc(C(F)(F)F)cn2)CC1)Nc1cccc(Cl)c1. The zero-order valence-electron chi connectivity index (χ0n) is 15.0. The van der Waals surface area contributed by atoms with Gasteiger partial charge in [0.05, 0.1) is 5.56 Å². The topological polar surface area (TPSA) is 48.5 Å². The quantitative estimate of drug-likeness (QED) is 0.809. The van der Waals surface area contributed by atoms with E-state index in [1.807, 2.05) is 4.90 Å². The van der Waals surface area contributed by atoms with Crippen molar-refractivity contribution in [2.45, 2.75) is 12.6 Å². The van der Waals surface area contributed by atoms with Crippen molar-refractivity contribution < 1.29 is 18.0 Å². The lowest BCUT2D eigenvalue weighted by molar-refractivity contribution is -0.137. The Balaban J connectivity index is 1.43. The van der Waals surface area contributed by atoms with Gasteiger partial charge in [0, 0.05) is 56.1 Å². The molecule has 1 N–H and O–H groups in total. The molecule has 9 heteroatoms. The lowest BCUT2D eigenvalue weighted by Gasteiger charge is -2.35. The number of anilines is 2. The van der Waals surface area contributed by atoms with E-state index in [1.54, 1.807) is 24.3 Å². The van der Waals surface area contributed by atoms with E-state index in [4.69, 9.17) is 11.6 Å². The molecule has 2 heterocycles. The average molecular weight is 413 g/mol. The third-order valence-electron chi connectivity index (χ3n) is 4.53. The highest BCUT2D eigenvalue weighted by molar-refractivity contribution is 6.30. The molecular weight excluding hydrogens is 393 g/mol. The number of nitrogens with zero attached hydrogens (tertiary/aromatic N) is 3. The number of halogens is 4. The number of hydrogen-bond donors (Lipinski definition) is 1. The third kappa shape index (κ3) is 5.59. The minimum atomic E-state index is -4.38. The van der Waals surface area contributed by atoms with Crippen LogP contribution in [0.4, 0.5) is 24.7 Å². The van der Waals surface area contributed by atoms with Crippen LogP contribution in [0, 0.1) is 0 Å². The standard InChI is InChI=1S/C19H20ClF3N4O/c20-15-2-1-3-16(12-15)25-18(28)6-7-26-8-10-27(11-9-26)17-5-4-14(13-24-17)19(21,22)23/h1-5,12-13H,6-11H2,(H,25,28). The van der Waals surface area contributed by atoms with Crippen LogP contribution in [0.2, 0.25) is 5.02 Å². The molecule has 1 aliphatic rings. The Morgan fingerprint density at radius 1 is 1.14 bits per heavy atom. The maximum atomic E-state index is 12.6. The van der Waals surface area contributed by atoms with Crippen molar-refractivity contribution in [2.75, 3.05) is 42.9 Å². The summed E-state index contributed by atoms with van der Waals surface area (Å²) in [4.78, 5) is 20.1. The molecule has 0 unspecified atom stereocenters. The third-order valence-corrected chi connectivity index (χ3v) is 4.77. The summed E-state index contributed by atoms with van der Waals surface area (Å²) in [7, 11) is 0. The maximum absolute atomic E-state index is 12.6. The van der Waals surface area contributed by atoms with Crippen LogP contribution in [0.1, 0.15) is 12.0 Å². The van der Waals surface area contributed by atoms with E-state index in [0.29, 0.717) is 55.7 Å². The molecule has 5 nitrogen and oxygen atoms in total. The summed E-state index contributed by atoms with van der Waals surface area (Å²) in [6.07, 6.45) is -3.16. The summed E-state index contributed by atoms with van der Waals surface area (Å²) in [5.74, 6) is 0.445. The number of benzene rings is 1. The largest absolute Gasteiger partial charge is 0.417 e. The molecule has 0 atom stereocenters. The zero-order chi connectivity index (χ0) is 20.1. The van der Waals surface area contributed by atoms with E-state index in [9.17, 15) is 18.0 Å². The van der Waals surface area contributed by atoms with Gasteiger partial charge in [0.25, 0.3) is 0 Å². The first-order valence-electron chi connectivity index (χ1n) is 8.87. The second-order valence-corrected chi connectivity index (χ2v) is 6.98. The van der Waals surface area contributed by atoms with Crippen molar-refractivity contribution in [2.24, 2.45) is 0 Å². The fourth-order valence-corrected chi connectivity index (χ4v) is 3.18. The summed E-state index contributed by atoms with van der Waals surface area (Å²) >= 11 is 5.90. The first kappa shape index (κ1) is 20.4. The van der Waals surface area contributed by atoms with E-state index < -0.39 is 11.7 Å². The molecular formula is C19H20ClF3N4O. The molecule has 1 aliphatic heterocycles. The smallest absolute Gasteiger partial charge is 0.354 e. The summed E-state index contributed by atoms with van der Waals surface area (Å²) < 4.78 is 37.9.